The molecular formula is C24H26N2O5. The Labute approximate surface area is 181 Å². The molecule has 1 aliphatic heterocycles. The van der Waals surface area contributed by atoms with Gasteiger partial charge in [0.1, 0.15) is 5.75 Å². The fraction of sp³-hybridized carbons (Fsp3) is 0.375. The minimum absolute atomic E-state index is 0.00490. The first-order valence-corrected chi connectivity index (χ1v) is 10.7. The van der Waals surface area contributed by atoms with Gasteiger partial charge in [-0.25, -0.2) is 0 Å². The van der Waals surface area contributed by atoms with Crippen LogP contribution in [-0.4, -0.2) is 41.9 Å². The highest BCUT2D eigenvalue weighted by molar-refractivity contribution is 5.95. The zero-order valence-corrected chi connectivity index (χ0v) is 17.3. The summed E-state index contributed by atoms with van der Waals surface area (Å²) in [5.74, 6) is -0.331. The quantitative estimate of drug-likeness (QED) is 0.687. The first-order valence-electron chi connectivity index (χ1n) is 10.7. The summed E-state index contributed by atoms with van der Waals surface area (Å²) >= 11 is 0. The molecule has 7 nitrogen and oxygen atoms in total. The molecule has 2 aromatic carbocycles. The number of nitrogens with zero attached hydrogens (tertiary/aromatic N) is 1. The molecule has 2 aromatic rings. The van der Waals surface area contributed by atoms with Gasteiger partial charge in [0, 0.05) is 19.0 Å². The molecule has 0 spiro atoms. The van der Waals surface area contributed by atoms with Crippen molar-refractivity contribution >= 4 is 23.5 Å². The number of benzene rings is 2. The lowest BCUT2D eigenvalue weighted by molar-refractivity contribution is -0.151. The zero-order valence-electron chi connectivity index (χ0n) is 17.3. The molecule has 1 N–H and O–H groups in total. The Kier molecular flexibility index (Phi) is 6.50. The highest BCUT2D eigenvalue weighted by atomic mass is 16.5. The molecule has 4 rings (SSSR count). The van der Waals surface area contributed by atoms with E-state index in [0.717, 1.165) is 25.7 Å². The smallest absolute Gasteiger partial charge is 0.311 e. The summed E-state index contributed by atoms with van der Waals surface area (Å²) in [6, 6.07) is 16.5. The van der Waals surface area contributed by atoms with Crippen LogP contribution in [0.1, 0.15) is 32.1 Å². The normalized spacial score (nSPS) is 18.8. The number of ether oxygens (including phenoxy) is 2. The van der Waals surface area contributed by atoms with Gasteiger partial charge in [0.2, 0.25) is 5.91 Å². The van der Waals surface area contributed by atoms with Crippen molar-refractivity contribution in [3.8, 4) is 11.5 Å². The van der Waals surface area contributed by atoms with E-state index in [-0.39, 0.29) is 18.4 Å². The maximum atomic E-state index is 12.4. The molecule has 1 saturated carbocycles. The molecule has 2 fully saturated rings. The monoisotopic (exact) mass is 422 g/mol. The first kappa shape index (κ1) is 20.9. The predicted molar refractivity (Wildman–Crippen MR) is 115 cm³/mol. The number of nitrogens with one attached hydrogen (secondary N) is 1. The van der Waals surface area contributed by atoms with Crippen LogP contribution in [0.5, 0.6) is 11.5 Å². The Balaban J connectivity index is 1.29. The lowest BCUT2D eigenvalue weighted by Gasteiger charge is -2.23. The third kappa shape index (κ3) is 5.23. The van der Waals surface area contributed by atoms with Gasteiger partial charge in [-0.3, -0.25) is 14.4 Å². The number of carbonyl (C=O) groups is 3. The number of esters is 1. The molecule has 2 aliphatic rings. The average Bonchev–Trinajstić information content (AvgIpc) is 3.44. The number of hydrogen-bond acceptors (Lipinski definition) is 5. The molecule has 31 heavy (non-hydrogen) atoms. The number of carbonyl (C=O) groups excluding carboxylic acids is 3. The van der Waals surface area contributed by atoms with E-state index in [9.17, 15) is 14.4 Å². The highest BCUT2D eigenvalue weighted by Crippen LogP contribution is 2.30. The molecule has 1 heterocycles. The van der Waals surface area contributed by atoms with Crippen LogP contribution < -0.4 is 10.1 Å². The Morgan fingerprint density at radius 1 is 1.00 bits per heavy atom. The van der Waals surface area contributed by atoms with Crippen molar-refractivity contribution in [3.63, 3.8) is 0 Å². The van der Waals surface area contributed by atoms with Gasteiger partial charge in [-0.1, -0.05) is 43.2 Å². The van der Waals surface area contributed by atoms with Gasteiger partial charge >= 0.3 is 5.97 Å². The van der Waals surface area contributed by atoms with Crippen molar-refractivity contribution in [3.05, 3.63) is 54.6 Å². The molecule has 7 heteroatoms. The van der Waals surface area contributed by atoms with Crippen LogP contribution in [-0.2, 0) is 19.1 Å². The second-order valence-electron chi connectivity index (χ2n) is 7.95. The fourth-order valence-electron chi connectivity index (χ4n) is 4.17. The van der Waals surface area contributed by atoms with Crippen LogP contribution in [0, 0.1) is 5.92 Å². The van der Waals surface area contributed by atoms with Crippen LogP contribution in [0.4, 0.5) is 5.69 Å². The maximum absolute atomic E-state index is 12.4. The summed E-state index contributed by atoms with van der Waals surface area (Å²) in [5.41, 5.74) is 0.482. The van der Waals surface area contributed by atoms with Crippen molar-refractivity contribution in [1.82, 2.24) is 4.90 Å². The van der Waals surface area contributed by atoms with Crippen LogP contribution in [0.15, 0.2) is 54.6 Å². The van der Waals surface area contributed by atoms with Gasteiger partial charge in [0.15, 0.2) is 12.4 Å². The van der Waals surface area contributed by atoms with E-state index >= 15 is 0 Å². The van der Waals surface area contributed by atoms with E-state index in [4.69, 9.17) is 9.47 Å². The first-order chi connectivity index (χ1) is 15.1. The van der Waals surface area contributed by atoms with Crippen LogP contribution in [0.2, 0.25) is 0 Å². The molecule has 0 aromatic heterocycles. The van der Waals surface area contributed by atoms with Gasteiger partial charge in [0.25, 0.3) is 5.91 Å². The number of amides is 2. The number of hydrogen-bond donors (Lipinski definition) is 1. The minimum atomic E-state index is -0.505. The lowest BCUT2D eigenvalue weighted by atomic mass is 10.1. The van der Waals surface area contributed by atoms with Gasteiger partial charge in [-0.05, 0) is 37.1 Å². The van der Waals surface area contributed by atoms with Crippen LogP contribution in [0.3, 0.4) is 0 Å². The second-order valence-corrected chi connectivity index (χ2v) is 7.95. The van der Waals surface area contributed by atoms with Gasteiger partial charge in [0.05, 0.1) is 11.6 Å². The molecule has 1 aliphatic carbocycles. The fourth-order valence-corrected chi connectivity index (χ4v) is 4.17. The van der Waals surface area contributed by atoms with Gasteiger partial charge in [-0.15, -0.1) is 0 Å². The Bertz CT molecular complexity index is 940. The minimum Gasteiger partial charge on any atom is -0.455 e. The van der Waals surface area contributed by atoms with E-state index in [0.29, 0.717) is 23.7 Å². The topological polar surface area (TPSA) is 84.9 Å². The number of likely N-dealkylation sites (tertiary alicyclic amines) is 1. The van der Waals surface area contributed by atoms with E-state index in [1.807, 2.05) is 35.2 Å². The molecule has 0 bridgehead atoms. The van der Waals surface area contributed by atoms with E-state index in [1.54, 1.807) is 24.3 Å². The van der Waals surface area contributed by atoms with E-state index in [1.165, 1.54) is 0 Å². The largest absolute Gasteiger partial charge is 0.455 e. The molecule has 0 radical (unpaired) electrons. The Morgan fingerprint density at radius 2 is 1.71 bits per heavy atom. The van der Waals surface area contributed by atoms with Crippen molar-refractivity contribution in [1.29, 1.82) is 0 Å². The van der Waals surface area contributed by atoms with Crippen LogP contribution >= 0.6 is 0 Å². The molecular weight excluding hydrogens is 396 g/mol. The van der Waals surface area contributed by atoms with Gasteiger partial charge in [-0.2, -0.15) is 0 Å². The number of para-hydroxylation sites is 3. The summed E-state index contributed by atoms with van der Waals surface area (Å²) in [7, 11) is 0. The zero-order chi connectivity index (χ0) is 21.6. The van der Waals surface area contributed by atoms with Crippen molar-refractivity contribution in [2.24, 2.45) is 5.92 Å². The predicted octanol–water partition coefficient (Wildman–Crippen LogP) is 3.75. The third-order valence-corrected chi connectivity index (χ3v) is 5.73. The summed E-state index contributed by atoms with van der Waals surface area (Å²) in [5, 5.41) is 2.72. The lowest BCUT2D eigenvalue weighted by Crippen LogP contribution is -2.35. The van der Waals surface area contributed by atoms with Crippen molar-refractivity contribution in [2.45, 2.75) is 38.1 Å². The van der Waals surface area contributed by atoms with Gasteiger partial charge < -0.3 is 19.7 Å². The van der Waals surface area contributed by atoms with Crippen molar-refractivity contribution < 1.29 is 23.9 Å². The summed E-state index contributed by atoms with van der Waals surface area (Å²) in [6.45, 7) is -0.0235. The summed E-state index contributed by atoms with van der Waals surface area (Å²) in [4.78, 5) is 38.8. The average molecular weight is 422 g/mol. The van der Waals surface area contributed by atoms with Crippen LogP contribution in [0.25, 0.3) is 0 Å². The molecule has 2 amide bonds. The molecule has 0 unspecified atom stereocenters. The number of anilines is 1. The van der Waals surface area contributed by atoms with E-state index < -0.39 is 24.4 Å². The maximum Gasteiger partial charge on any atom is 0.311 e. The Hall–Kier alpha value is -3.35. The molecule has 1 atom stereocenters. The summed E-state index contributed by atoms with van der Waals surface area (Å²) in [6.07, 6.45) is 4.41. The highest BCUT2D eigenvalue weighted by Gasteiger charge is 2.39. The third-order valence-electron chi connectivity index (χ3n) is 5.73. The van der Waals surface area contributed by atoms with E-state index in [2.05, 4.69) is 5.32 Å². The Morgan fingerprint density at radius 3 is 2.48 bits per heavy atom. The standard InChI is InChI=1S/C24H26N2O5/c27-22(25-20-12-6-7-13-21(20)31-19-10-2-1-3-11-19)16-30-24(29)17-14-23(28)26(15-17)18-8-4-5-9-18/h1-3,6-7,10-13,17-18H,4-5,8-9,14-16H2,(H,25,27)/t17-/m0/s1. The van der Waals surface area contributed by atoms with Crippen molar-refractivity contribution in [2.75, 3.05) is 18.5 Å². The SMILES string of the molecule is O=C(COC(=O)[C@H]1CC(=O)N(C2CCCC2)C1)Nc1ccccc1Oc1ccccc1. The number of rotatable bonds is 7. The second kappa shape index (κ2) is 9.64. The summed E-state index contributed by atoms with van der Waals surface area (Å²) < 4.78 is 11.0. The molecule has 1 saturated heterocycles. The molecule has 162 valence electrons.